The molecule has 3 aliphatic rings. The molecule has 0 aromatic heterocycles. The van der Waals surface area contributed by atoms with E-state index < -0.39 is 0 Å². The molecule has 5 rings (SSSR count). The van der Waals surface area contributed by atoms with Crippen molar-refractivity contribution in [2.24, 2.45) is 0 Å². The van der Waals surface area contributed by atoms with Crippen LogP contribution < -0.4 is 0 Å². The molecule has 1 saturated heterocycles. The molecule has 1 N–H and O–H groups in total. The zero-order valence-corrected chi connectivity index (χ0v) is 13.4. The van der Waals surface area contributed by atoms with Crippen molar-refractivity contribution in [3.05, 3.63) is 70.8 Å². The number of hydrogen-bond acceptors (Lipinski definition) is 2. The predicted octanol–water partition coefficient (Wildman–Crippen LogP) is 3.28. The fourth-order valence-corrected chi connectivity index (χ4v) is 5.27. The van der Waals surface area contributed by atoms with Crippen molar-refractivity contribution in [2.75, 3.05) is 19.6 Å². The van der Waals surface area contributed by atoms with E-state index in [1.807, 2.05) is 0 Å². The first-order chi connectivity index (χ1) is 11.3. The molecule has 2 aromatic rings. The summed E-state index contributed by atoms with van der Waals surface area (Å²) < 4.78 is 0. The minimum atomic E-state index is -0.0942. The van der Waals surface area contributed by atoms with Crippen LogP contribution in [0.3, 0.4) is 0 Å². The highest BCUT2D eigenvalue weighted by Crippen LogP contribution is 2.60. The van der Waals surface area contributed by atoms with Crippen LogP contribution in [0.15, 0.2) is 48.5 Å². The highest BCUT2D eigenvalue weighted by Gasteiger charge is 2.53. The van der Waals surface area contributed by atoms with Crippen LogP contribution in [-0.2, 0) is 5.41 Å². The van der Waals surface area contributed by atoms with Crippen LogP contribution >= 0.6 is 0 Å². The third-order valence-corrected chi connectivity index (χ3v) is 6.31. The maximum atomic E-state index is 9.81. The molecule has 0 saturated carbocycles. The summed E-state index contributed by atoms with van der Waals surface area (Å²) in [5.74, 6) is 0.581. The van der Waals surface area contributed by atoms with Gasteiger partial charge in [0.05, 0.1) is 6.10 Å². The highest BCUT2D eigenvalue weighted by molar-refractivity contribution is 5.62. The van der Waals surface area contributed by atoms with E-state index in [0.29, 0.717) is 5.92 Å². The molecule has 0 spiro atoms. The van der Waals surface area contributed by atoms with E-state index in [-0.39, 0.29) is 11.5 Å². The van der Waals surface area contributed by atoms with Gasteiger partial charge >= 0.3 is 0 Å². The first-order valence-electron chi connectivity index (χ1n) is 8.87. The standard InChI is InChI=1S/C21H23NO/c23-15-9-11-22(12-10-15)14-21-13-18(16-5-1-3-7-19(16)21)17-6-2-4-8-20(17)21/h1-8,15,18,23H,9-14H2. The summed E-state index contributed by atoms with van der Waals surface area (Å²) in [5, 5.41) is 9.81. The minimum Gasteiger partial charge on any atom is -0.393 e. The Morgan fingerprint density at radius 1 is 0.913 bits per heavy atom. The molecule has 2 aromatic carbocycles. The van der Waals surface area contributed by atoms with Gasteiger partial charge in [-0.2, -0.15) is 0 Å². The average molecular weight is 305 g/mol. The fraction of sp³-hybridized carbons (Fsp3) is 0.429. The minimum absolute atomic E-state index is 0.0942. The lowest BCUT2D eigenvalue weighted by Gasteiger charge is -2.39. The van der Waals surface area contributed by atoms with Gasteiger partial charge in [0, 0.05) is 31.0 Å². The second kappa shape index (κ2) is 4.93. The van der Waals surface area contributed by atoms with E-state index in [1.165, 1.54) is 6.42 Å². The van der Waals surface area contributed by atoms with E-state index in [4.69, 9.17) is 0 Å². The Morgan fingerprint density at radius 2 is 1.48 bits per heavy atom. The molecule has 0 atom stereocenters. The molecule has 23 heavy (non-hydrogen) atoms. The first kappa shape index (κ1) is 13.8. The second-order valence-electron chi connectivity index (χ2n) is 7.52. The molecule has 1 fully saturated rings. The summed E-state index contributed by atoms with van der Waals surface area (Å²) in [6.45, 7) is 3.15. The Kier molecular flexibility index (Phi) is 2.95. The Morgan fingerprint density at radius 3 is 2.09 bits per heavy atom. The summed E-state index contributed by atoms with van der Waals surface area (Å²) >= 11 is 0. The topological polar surface area (TPSA) is 23.5 Å². The molecule has 118 valence electrons. The Labute approximate surface area is 137 Å². The lowest BCUT2D eigenvalue weighted by Crippen LogP contribution is -2.44. The molecule has 1 aliphatic heterocycles. The van der Waals surface area contributed by atoms with Gasteiger partial charge in [-0.1, -0.05) is 48.5 Å². The van der Waals surface area contributed by atoms with Crippen molar-refractivity contribution in [3.63, 3.8) is 0 Å². The molecule has 0 amide bonds. The van der Waals surface area contributed by atoms with Gasteiger partial charge in [-0.15, -0.1) is 0 Å². The van der Waals surface area contributed by atoms with Gasteiger partial charge in [0.2, 0.25) is 0 Å². The normalized spacial score (nSPS) is 29.5. The van der Waals surface area contributed by atoms with E-state index in [0.717, 1.165) is 32.5 Å². The van der Waals surface area contributed by atoms with Crippen LogP contribution in [0, 0.1) is 0 Å². The maximum absolute atomic E-state index is 9.81. The van der Waals surface area contributed by atoms with Crippen LogP contribution in [0.4, 0.5) is 0 Å². The number of hydrogen-bond donors (Lipinski definition) is 1. The molecule has 2 heteroatoms. The highest BCUT2D eigenvalue weighted by atomic mass is 16.3. The molecule has 0 radical (unpaired) electrons. The van der Waals surface area contributed by atoms with Crippen molar-refractivity contribution >= 4 is 0 Å². The largest absolute Gasteiger partial charge is 0.393 e. The third-order valence-electron chi connectivity index (χ3n) is 6.31. The monoisotopic (exact) mass is 305 g/mol. The Bertz CT molecular complexity index is 698. The number of aliphatic hydroxyl groups excluding tert-OH is 1. The van der Waals surface area contributed by atoms with Gasteiger partial charge in [0.1, 0.15) is 0 Å². The number of benzene rings is 2. The van der Waals surface area contributed by atoms with Crippen LogP contribution in [0.25, 0.3) is 0 Å². The van der Waals surface area contributed by atoms with Gasteiger partial charge in [0.25, 0.3) is 0 Å². The lowest BCUT2D eigenvalue weighted by molar-refractivity contribution is 0.0743. The average Bonchev–Trinajstić information content (AvgIpc) is 3.10. The van der Waals surface area contributed by atoms with Gasteiger partial charge in [0.15, 0.2) is 0 Å². The number of likely N-dealkylation sites (tertiary alicyclic amines) is 1. The molecule has 0 unspecified atom stereocenters. The van der Waals surface area contributed by atoms with Crippen LogP contribution in [-0.4, -0.2) is 35.7 Å². The molecule has 1 heterocycles. The lowest BCUT2D eigenvalue weighted by atomic mass is 9.74. The van der Waals surface area contributed by atoms with Crippen molar-refractivity contribution in [1.82, 2.24) is 4.90 Å². The SMILES string of the molecule is OC1CCN(CC23CC(c4ccccc42)c2ccccc23)CC1. The molecular weight excluding hydrogens is 282 g/mol. The molecular formula is C21H23NO. The summed E-state index contributed by atoms with van der Waals surface area (Å²) in [7, 11) is 0. The fourth-order valence-electron chi connectivity index (χ4n) is 5.27. The molecule has 2 nitrogen and oxygen atoms in total. The predicted molar refractivity (Wildman–Crippen MR) is 91.8 cm³/mol. The van der Waals surface area contributed by atoms with Gasteiger partial charge in [-0.3, -0.25) is 0 Å². The number of nitrogens with zero attached hydrogens (tertiary/aromatic N) is 1. The van der Waals surface area contributed by atoms with E-state index >= 15 is 0 Å². The zero-order chi connectivity index (χ0) is 15.4. The van der Waals surface area contributed by atoms with E-state index in [2.05, 4.69) is 53.4 Å². The summed E-state index contributed by atoms with van der Waals surface area (Å²) in [6.07, 6.45) is 2.97. The number of aliphatic hydroxyl groups is 1. The van der Waals surface area contributed by atoms with E-state index in [9.17, 15) is 5.11 Å². The summed E-state index contributed by atoms with van der Waals surface area (Å²) in [5.41, 5.74) is 6.36. The Hall–Kier alpha value is -1.64. The van der Waals surface area contributed by atoms with Crippen LogP contribution in [0.2, 0.25) is 0 Å². The number of piperidine rings is 1. The quantitative estimate of drug-likeness (QED) is 0.920. The number of rotatable bonds is 2. The zero-order valence-electron chi connectivity index (χ0n) is 13.4. The Balaban J connectivity index is 1.59. The second-order valence-corrected chi connectivity index (χ2v) is 7.52. The van der Waals surface area contributed by atoms with Gasteiger partial charge in [-0.05, 0) is 41.5 Å². The van der Waals surface area contributed by atoms with Crippen molar-refractivity contribution < 1.29 is 5.11 Å². The van der Waals surface area contributed by atoms with E-state index in [1.54, 1.807) is 22.3 Å². The summed E-state index contributed by atoms with van der Waals surface area (Å²) in [4.78, 5) is 2.58. The van der Waals surface area contributed by atoms with Gasteiger partial charge < -0.3 is 10.0 Å². The van der Waals surface area contributed by atoms with Gasteiger partial charge in [-0.25, -0.2) is 0 Å². The van der Waals surface area contributed by atoms with Crippen molar-refractivity contribution in [2.45, 2.75) is 36.7 Å². The molecule has 2 aliphatic carbocycles. The van der Waals surface area contributed by atoms with Crippen LogP contribution in [0.1, 0.15) is 47.4 Å². The first-order valence-corrected chi connectivity index (χ1v) is 8.87. The summed E-state index contributed by atoms with van der Waals surface area (Å²) in [6, 6.07) is 18.1. The van der Waals surface area contributed by atoms with Crippen molar-refractivity contribution in [1.29, 1.82) is 0 Å². The number of fused-ring (bicyclic) bond motifs is 8. The van der Waals surface area contributed by atoms with Crippen molar-refractivity contribution in [3.8, 4) is 0 Å². The third kappa shape index (κ3) is 1.88. The van der Waals surface area contributed by atoms with Crippen LogP contribution in [0.5, 0.6) is 0 Å². The smallest absolute Gasteiger partial charge is 0.0564 e. The molecule has 2 bridgehead atoms. The maximum Gasteiger partial charge on any atom is 0.0564 e.